The van der Waals surface area contributed by atoms with Gasteiger partial charge in [0.05, 0.1) is 5.56 Å². The monoisotopic (exact) mass is 428 g/mol. The SMILES string of the molecule is NC(=O)c1c(-c2ccc(Cl)cc2)csc1NC(=O)CC12CC3CC(CC(C3)C1)C2. The molecule has 0 radical (unpaired) electrons. The highest BCUT2D eigenvalue weighted by molar-refractivity contribution is 7.15. The molecule has 29 heavy (non-hydrogen) atoms. The number of rotatable bonds is 5. The fourth-order valence-electron chi connectivity index (χ4n) is 6.55. The largest absolute Gasteiger partial charge is 0.365 e. The predicted molar refractivity (Wildman–Crippen MR) is 117 cm³/mol. The summed E-state index contributed by atoms with van der Waals surface area (Å²) in [6.07, 6.45) is 8.22. The molecule has 0 atom stereocenters. The molecule has 1 aromatic carbocycles. The Balaban J connectivity index is 1.36. The number of nitrogens with one attached hydrogen (secondary N) is 1. The fraction of sp³-hybridized carbons (Fsp3) is 0.478. The molecular weight excluding hydrogens is 404 g/mol. The van der Waals surface area contributed by atoms with Crippen LogP contribution in [0.4, 0.5) is 5.00 Å². The molecule has 4 aliphatic rings. The van der Waals surface area contributed by atoms with E-state index in [0.717, 1.165) is 28.9 Å². The van der Waals surface area contributed by atoms with Gasteiger partial charge in [-0.3, -0.25) is 9.59 Å². The summed E-state index contributed by atoms with van der Waals surface area (Å²) in [5, 5.41) is 6.09. The van der Waals surface area contributed by atoms with Gasteiger partial charge in [0.1, 0.15) is 5.00 Å². The summed E-state index contributed by atoms with van der Waals surface area (Å²) in [6.45, 7) is 0. The Morgan fingerprint density at radius 1 is 1.07 bits per heavy atom. The fourth-order valence-corrected chi connectivity index (χ4v) is 7.67. The van der Waals surface area contributed by atoms with E-state index in [4.69, 9.17) is 17.3 Å². The highest BCUT2D eigenvalue weighted by atomic mass is 35.5. The van der Waals surface area contributed by atoms with Crippen LogP contribution in [0.3, 0.4) is 0 Å². The van der Waals surface area contributed by atoms with Gasteiger partial charge in [-0.2, -0.15) is 0 Å². The van der Waals surface area contributed by atoms with Crippen LogP contribution in [0.15, 0.2) is 29.6 Å². The summed E-state index contributed by atoms with van der Waals surface area (Å²) in [4.78, 5) is 25.2. The van der Waals surface area contributed by atoms with Gasteiger partial charge in [0.15, 0.2) is 0 Å². The van der Waals surface area contributed by atoms with Gasteiger partial charge in [-0.05, 0) is 79.4 Å². The molecule has 4 aliphatic carbocycles. The molecule has 2 aromatic rings. The third-order valence-electron chi connectivity index (χ3n) is 7.15. The molecular formula is C23H25ClN2O2S. The molecule has 4 nitrogen and oxygen atoms in total. The number of halogens is 1. The Labute approximate surface area is 179 Å². The lowest BCUT2D eigenvalue weighted by atomic mass is 9.49. The Bertz CT molecular complexity index is 930. The molecule has 6 heteroatoms. The minimum absolute atomic E-state index is 0.0129. The molecule has 1 aromatic heterocycles. The summed E-state index contributed by atoms with van der Waals surface area (Å²) in [5.74, 6) is 1.93. The third kappa shape index (κ3) is 3.59. The van der Waals surface area contributed by atoms with E-state index < -0.39 is 5.91 Å². The molecule has 0 saturated heterocycles. The number of hydrogen-bond donors (Lipinski definition) is 2. The second kappa shape index (κ2) is 7.13. The van der Waals surface area contributed by atoms with E-state index in [1.54, 1.807) is 12.1 Å². The van der Waals surface area contributed by atoms with Gasteiger partial charge in [0, 0.05) is 22.4 Å². The van der Waals surface area contributed by atoms with E-state index in [1.165, 1.54) is 49.9 Å². The smallest absolute Gasteiger partial charge is 0.252 e. The molecule has 152 valence electrons. The summed E-state index contributed by atoms with van der Waals surface area (Å²) in [5.41, 5.74) is 7.84. The number of amides is 2. The highest BCUT2D eigenvalue weighted by Crippen LogP contribution is 2.61. The van der Waals surface area contributed by atoms with Crippen LogP contribution in [0.2, 0.25) is 5.02 Å². The maximum atomic E-state index is 13.0. The van der Waals surface area contributed by atoms with Gasteiger partial charge >= 0.3 is 0 Å². The standard InChI is InChI=1S/C23H25ClN2O2S/c24-17-3-1-16(2-4-17)18-12-29-22(20(18)21(25)28)26-19(27)11-23-8-13-5-14(9-23)7-15(6-13)10-23/h1-4,12-15H,5-11H2,(H2,25,28)(H,26,27). The first-order chi connectivity index (χ1) is 13.9. The number of nitrogens with two attached hydrogens (primary N) is 1. The first kappa shape index (κ1) is 19.1. The molecule has 0 unspecified atom stereocenters. The molecule has 6 rings (SSSR count). The first-order valence-corrected chi connectivity index (χ1v) is 11.6. The second-order valence-electron chi connectivity index (χ2n) is 9.37. The van der Waals surface area contributed by atoms with E-state index in [0.29, 0.717) is 22.0 Å². The topological polar surface area (TPSA) is 72.2 Å². The molecule has 1 heterocycles. The minimum Gasteiger partial charge on any atom is -0.365 e. The lowest BCUT2D eigenvalue weighted by Crippen LogP contribution is -2.47. The van der Waals surface area contributed by atoms with Crippen LogP contribution in [0.1, 0.15) is 55.3 Å². The van der Waals surface area contributed by atoms with Gasteiger partial charge in [0.25, 0.3) is 5.91 Å². The second-order valence-corrected chi connectivity index (χ2v) is 10.7. The number of carbonyl (C=O) groups is 2. The molecule has 4 fully saturated rings. The number of anilines is 1. The normalized spacial score (nSPS) is 29.8. The van der Waals surface area contributed by atoms with Crippen LogP contribution < -0.4 is 11.1 Å². The van der Waals surface area contributed by atoms with Crippen molar-refractivity contribution in [2.75, 3.05) is 5.32 Å². The summed E-state index contributed by atoms with van der Waals surface area (Å²) < 4.78 is 0. The summed E-state index contributed by atoms with van der Waals surface area (Å²) in [7, 11) is 0. The molecule has 4 bridgehead atoms. The zero-order chi connectivity index (χ0) is 20.2. The van der Waals surface area contributed by atoms with Gasteiger partial charge in [-0.25, -0.2) is 0 Å². The number of carbonyl (C=O) groups excluding carboxylic acids is 2. The number of thiophene rings is 1. The van der Waals surface area contributed by atoms with Crippen LogP contribution >= 0.6 is 22.9 Å². The summed E-state index contributed by atoms with van der Waals surface area (Å²) >= 11 is 7.34. The van der Waals surface area contributed by atoms with Crippen LogP contribution in [0.5, 0.6) is 0 Å². The van der Waals surface area contributed by atoms with Crippen molar-refractivity contribution in [3.63, 3.8) is 0 Å². The van der Waals surface area contributed by atoms with Gasteiger partial charge in [-0.1, -0.05) is 23.7 Å². The molecule has 4 saturated carbocycles. The van der Waals surface area contributed by atoms with E-state index in [2.05, 4.69) is 5.32 Å². The number of primary amides is 1. The van der Waals surface area contributed by atoms with Crippen LogP contribution in [-0.2, 0) is 4.79 Å². The van der Waals surface area contributed by atoms with Crippen molar-refractivity contribution in [1.82, 2.24) is 0 Å². The van der Waals surface area contributed by atoms with E-state index in [9.17, 15) is 9.59 Å². The van der Waals surface area contributed by atoms with E-state index in [1.807, 2.05) is 17.5 Å². The Morgan fingerprint density at radius 2 is 1.66 bits per heavy atom. The lowest BCUT2D eigenvalue weighted by molar-refractivity contribution is -0.124. The van der Waals surface area contributed by atoms with Crippen LogP contribution in [0, 0.1) is 23.2 Å². The van der Waals surface area contributed by atoms with Crippen molar-refractivity contribution >= 4 is 39.8 Å². The van der Waals surface area contributed by atoms with Gasteiger partial charge in [0.2, 0.25) is 5.91 Å². The van der Waals surface area contributed by atoms with Crippen LogP contribution in [-0.4, -0.2) is 11.8 Å². The van der Waals surface area contributed by atoms with Crippen molar-refractivity contribution < 1.29 is 9.59 Å². The number of hydrogen-bond acceptors (Lipinski definition) is 3. The molecule has 2 amide bonds. The van der Waals surface area contributed by atoms with Crippen molar-refractivity contribution in [2.45, 2.75) is 44.9 Å². The highest BCUT2D eigenvalue weighted by Gasteiger charge is 2.51. The quantitative estimate of drug-likeness (QED) is 0.639. The van der Waals surface area contributed by atoms with Gasteiger partial charge < -0.3 is 11.1 Å². The minimum atomic E-state index is -0.527. The first-order valence-electron chi connectivity index (χ1n) is 10.4. The van der Waals surface area contributed by atoms with E-state index in [-0.39, 0.29) is 11.3 Å². The van der Waals surface area contributed by atoms with Crippen molar-refractivity contribution in [3.05, 3.63) is 40.2 Å². The zero-order valence-electron chi connectivity index (χ0n) is 16.2. The molecule has 3 N–H and O–H groups in total. The van der Waals surface area contributed by atoms with Gasteiger partial charge in [-0.15, -0.1) is 11.3 Å². The Hall–Kier alpha value is -1.85. The lowest BCUT2D eigenvalue weighted by Gasteiger charge is -2.56. The van der Waals surface area contributed by atoms with E-state index >= 15 is 0 Å². The average Bonchev–Trinajstić information content (AvgIpc) is 3.04. The maximum absolute atomic E-state index is 13.0. The molecule has 0 spiro atoms. The van der Waals surface area contributed by atoms with Crippen molar-refractivity contribution in [1.29, 1.82) is 0 Å². The summed E-state index contributed by atoms with van der Waals surface area (Å²) in [6, 6.07) is 7.28. The number of benzene rings is 1. The predicted octanol–water partition coefficient (Wildman–Crippen LogP) is 5.71. The van der Waals surface area contributed by atoms with Crippen molar-refractivity contribution in [3.8, 4) is 11.1 Å². The zero-order valence-corrected chi connectivity index (χ0v) is 17.8. The third-order valence-corrected chi connectivity index (χ3v) is 8.29. The Morgan fingerprint density at radius 3 is 2.21 bits per heavy atom. The average molecular weight is 429 g/mol. The Kier molecular flexibility index (Phi) is 4.71. The van der Waals surface area contributed by atoms with Crippen molar-refractivity contribution in [2.24, 2.45) is 28.9 Å². The maximum Gasteiger partial charge on any atom is 0.252 e. The van der Waals surface area contributed by atoms with Crippen LogP contribution in [0.25, 0.3) is 11.1 Å². The molecule has 0 aliphatic heterocycles.